The summed E-state index contributed by atoms with van der Waals surface area (Å²) >= 11 is 0. The van der Waals surface area contributed by atoms with Gasteiger partial charge in [0.25, 0.3) is 0 Å². The van der Waals surface area contributed by atoms with Crippen LogP contribution >= 0.6 is 0 Å². The molecule has 1 aromatic rings. The zero-order valence-electron chi connectivity index (χ0n) is 8.46. The maximum Gasteiger partial charge on any atom is 0.247 e. The zero-order chi connectivity index (χ0) is 11.8. The van der Waals surface area contributed by atoms with Gasteiger partial charge in [0.1, 0.15) is 0 Å². The standard InChI is InChI=1S/C9H12N2O4S/c12-7-3-4-11(6-7)16(14,15)8-1-2-9(13)10-5-8/h1-2,5,7,12H,3-4,6H2,(H,10,13)/t7-/m1/s1. The number of pyridine rings is 1. The van der Waals surface area contributed by atoms with Crippen LogP contribution in [-0.2, 0) is 10.0 Å². The number of rotatable bonds is 2. The van der Waals surface area contributed by atoms with E-state index in [1.165, 1.54) is 22.6 Å². The second-order valence-corrected chi connectivity index (χ2v) is 5.63. The Morgan fingerprint density at radius 3 is 2.69 bits per heavy atom. The molecule has 0 aliphatic carbocycles. The van der Waals surface area contributed by atoms with Crippen LogP contribution in [0.3, 0.4) is 0 Å². The van der Waals surface area contributed by atoms with E-state index >= 15 is 0 Å². The lowest BCUT2D eigenvalue weighted by Crippen LogP contribution is -2.30. The highest BCUT2D eigenvalue weighted by Gasteiger charge is 2.31. The molecule has 2 heterocycles. The second-order valence-electron chi connectivity index (χ2n) is 3.69. The van der Waals surface area contributed by atoms with Crippen molar-refractivity contribution >= 4 is 10.0 Å². The lowest BCUT2D eigenvalue weighted by molar-refractivity contribution is 0.189. The summed E-state index contributed by atoms with van der Waals surface area (Å²) in [5, 5.41) is 9.29. The number of aliphatic hydroxyl groups is 1. The molecule has 88 valence electrons. The van der Waals surface area contributed by atoms with E-state index in [1.54, 1.807) is 0 Å². The number of hydrogen-bond acceptors (Lipinski definition) is 4. The van der Waals surface area contributed by atoms with Crippen LogP contribution in [-0.4, -0.2) is 42.0 Å². The van der Waals surface area contributed by atoms with Crippen molar-refractivity contribution in [3.05, 3.63) is 28.7 Å². The van der Waals surface area contributed by atoms with Crippen molar-refractivity contribution in [2.45, 2.75) is 17.4 Å². The summed E-state index contributed by atoms with van der Waals surface area (Å²) < 4.78 is 25.2. The summed E-state index contributed by atoms with van der Waals surface area (Å²) in [6.45, 7) is 0.421. The van der Waals surface area contributed by atoms with Gasteiger partial charge >= 0.3 is 0 Å². The van der Waals surface area contributed by atoms with Crippen LogP contribution < -0.4 is 5.56 Å². The predicted molar refractivity (Wildman–Crippen MR) is 56.4 cm³/mol. The summed E-state index contributed by atoms with van der Waals surface area (Å²) in [6, 6.07) is 2.43. The summed E-state index contributed by atoms with van der Waals surface area (Å²) in [5.41, 5.74) is -0.347. The van der Waals surface area contributed by atoms with E-state index in [9.17, 15) is 18.3 Å². The number of aliphatic hydroxyl groups excluding tert-OH is 1. The van der Waals surface area contributed by atoms with E-state index in [2.05, 4.69) is 4.98 Å². The molecule has 1 fully saturated rings. The third kappa shape index (κ3) is 2.01. The van der Waals surface area contributed by atoms with E-state index in [0.29, 0.717) is 13.0 Å². The van der Waals surface area contributed by atoms with Crippen molar-refractivity contribution in [3.8, 4) is 0 Å². The normalized spacial score (nSPS) is 22.4. The zero-order valence-corrected chi connectivity index (χ0v) is 9.27. The number of aromatic nitrogens is 1. The molecule has 6 nitrogen and oxygen atoms in total. The third-order valence-corrected chi connectivity index (χ3v) is 4.38. The average molecular weight is 244 g/mol. The molecule has 0 unspecified atom stereocenters. The predicted octanol–water partition coefficient (Wildman–Crippen LogP) is -0.870. The molecule has 0 aromatic carbocycles. The van der Waals surface area contributed by atoms with Gasteiger partial charge in [0.05, 0.1) is 11.0 Å². The lowest BCUT2D eigenvalue weighted by Gasteiger charge is -2.15. The van der Waals surface area contributed by atoms with E-state index < -0.39 is 16.1 Å². The maximum atomic E-state index is 12.0. The van der Waals surface area contributed by atoms with Gasteiger partial charge in [-0.15, -0.1) is 0 Å². The Labute approximate surface area is 92.6 Å². The van der Waals surface area contributed by atoms with Crippen molar-refractivity contribution in [2.24, 2.45) is 0 Å². The van der Waals surface area contributed by atoms with Gasteiger partial charge in [0.2, 0.25) is 15.6 Å². The second kappa shape index (κ2) is 4.00. The largest absolute Gasteiger partial charge is 0.392 e. The quantitative estimate of drug-likeness (QED) is 0.707. The summed E-state index contributed by atoms with van der Waals surface area (Å²) in [7, 11) is -3.59. The monoisotopic (exact) mass is 244 g/mol. The highest BCUT2D eigenvalue weighted by atomic mass is 32.2. The topological polar surface area (TPSA) is 90.5 Å². The number of nitrogens with one attached hydrogen (secondary N) is 1. The number of H-pyrrole nitrogens is 1. The first kappa shape index (κ1) is 11.3. The summed E-state index contributed by atoms with van der Waals surface area (Å²) in [5.74, 6) is 0. The van der Waals surface area contributed by atoms with Crippen LogP contribution in [0.5, 0.6) is 0 Å². The number of β-amino-alcohol motifs (C(OH)–C–C–N with tert-alkyl or cyclic N) is 1. The molecule has 0 saturated carbocycles. The maximum absolute atomic E-state index is 12.0. The molecular formula is C9H12N2O4S. The molecule has 2 rings (SSSR count). The fraction of sp³-hybridized carbons (Fsp3) is 0.444. The van der Waals surface area contributed by atoms with Crippen LogP contribution in [0.15, 0.2) is 28.0 Å². The molecule has 1 aliphatic heterocycles. The minimum Gasteiger partial charge on any atom is -0.392 e. The first-order valence-electron chi connectivity index (χ1n) is 4.87. The van der Waals surface area contributed by atoms with E-state index in [-0.39, 0.29) is 17.0 Å². The van der Waals surface area contributed by atoms with Crippen molar-refractivity contribution < 1.29 is 13.5 Å². The SMILES string of the molecule is O=c1ccc(S(=O)(=O)N2CC[C@@H](O)C2)c[nH]1. The Balaban J connectivity index is 2.32. The molecule has 0 radical (unpaired) electrons. The molecule has 1 atom stereocenters. The number of nitrogens with zero attached hydrogens (tertiary/aromatic N) is 1. The van der Waals surface area contributed by atoms with Gasteiger partial charge in [-0.3, -0.25) is 4.79 Å². The molecule has 2 N–H and O–H groups in total. The average Bonchev–Trinajstić information content (AvgIpc) is 2.66. The number of hydrogen-bond donors (Lipinski definition) is 2. The molecule has 16 heavy (non-hydrogen) atoms. The van der Waals surface area contributed by atoms with Crippen LogP contribution in [0.25, 0.3) is 0 Å². The fourth-order valence-electron chi connectivity index (χ4n) is 1.63. The number of aromatic amines is 1. The molecular weight excluding hydrogens is 232 g/mol. The van der Waals surface area contributed by atoms with Crippen LogP contribution in [0, 0.1) is 0 Å². The van der Waals surface area contributed by atoms with Gasteiger partial charge < -0.3 is 10.1 Å². The van der Waals surface area contributed by atoms with Gasteiger partial charge in [0, 0.05) is 25.4 Å². The Hall–Kier alpha value is -1.18. The Bertz CT molecular complexity index is 516. The van der Waals surface area contributed by atoms with Crippen molar-refractivity contribution in [3.63, 3.8) is 0 Å². The van der Waals surface area contributed by atoms with Crippen LogP contribution in [0.4, 0.5) is 0 Å². The first-order chi connectivity index (χ1) is 7.50. The highest BCUT2D eigenvalue weighted by Crippen LogP contribution is 2.19. The highest BCUT2D eigenvalue weighted by molar-refractivity contribution is 7.89. The molecule has 1 aromatic heterocycles. The molecule has 0 amide bonds. The molecule has 1 aliphatic rings. The Morgan fingerprint density at radius 2 is 2.19 bits per heavy atom. The van der Waals surface area contributed by atoms with Gasteiger partial charge in [-0.2, -0.15) is 4.31 Å². The van der Waals surface area contributed by atoms with E-state index in [4.69, 9.17) is 0 Å². The van der Waals surface area contributed by atoms with E-state index in [1.807, 2.05) is 0 Å². The number of sulfonamides is 1. The van der Waals surface area contributed by atoms with Gasteiger partial charge in [-0.25, -0.2) is 8.42 Å². The third-order valence-electron chi connectivity index (χ3n) is 2.52. The van der Waals surface area contributed by atoms with Crippen LogP contribution in [0.2, 0.25) is 0 Å². The molecule has 7 heteroatoms. The molecule has 1 saturated heterocycles. The lowest BCUT2D eigenvalue weighted by atomic mass is 10.3. The Kier molecular flexibility index (Phi) is 2.83. The molecule has 0 spiro atoms. The van der Waals surface area contributed by atoms with Crippen molar-refractivity contribution in [1.82, 2.24) is 9.29 Å². The van der Waals surface area contributed by atoms with Gasteiger partial charge in [-0.05, 0) is 12.5 Å². The van der Waals surface area contributed by atoms with Gasteiger partial charge in [-0.1, -0.05) is 0 Å². The summed E-state index contributed by atoms with van der Waals surface area (Å²) in [6.07, 6.45) is 1.02. The first-order valence-corrected chi connectivity index (χ1v) is 6.31. The molecule has 0 bridgehead atoms. The van der Waals surface area contributed by atoms with E-state index in [0.717, 1.165) is 0 Å². The van der Waals surface area contributed by atoms with Gasteiger partial charge in [0.15, 0.2) is 0 Å². The fourth-order valence-corrected chi connectivity index (χ4v) is 3.09. The minimum absolute atomic E-state index is 0.0428. The van der Waals surface area contributed by atoms with Crippen molar-refractivity contribution in [2.75, 3.05) is 13.1 Å². The summed E-state index contributed by atoms with van der Waals surface area (Å²) in [4.78, 5) is 13.2. The van der Waals surface area contributed by atoms with Crippen LogP contribution in [0.1, 0.15) is 6.42 Å². The Morgan fingerprint density at radius 1 is 1.44 bits per heavy atom. The smallest absolute Gasteiger partial charge is 0.247 e. The van der Waals surface area contributed by atoms with Crippen molar-refractivity contribution in [1.29, 1.82) is 0 Å². The minimum atomic E-state index is -3.59.